The van der Waals surface area contributed by atoms with E-state index in [0.717, 1.165) is 22.5 Å². The van der Waals surface area contributed by atoms with Crippen LogP contribution in [0.25, 0.3) is 16.9 Å². The first-order chi connectivity index (χ1) is 10.2. The van der Waals surface area contributed by atoms with Crippen LogP contribution in [0.4, 0.5) is 0 Å². The maximum absolute atomic E-state index is 9.29. The fraction of sp³-hybridized carbons (Fsp3) is 0.118. The average molecular weight is 274 g/mol. The van der Waals surface area contributed by atoms with E-state index >= 15 is 0 Å². The molecule has 0 aliphatic carbocycles. The topological polar surface area (TPSA) is 54.5 Å². The van der Waals surface area contributed by atoms with Gasteiger partial charge in [-0.15, -0.1) is 5.10 Å². The SMILES string of the molecule is Cc1ccc(-n2nnc(C#N)c2-c2ccccc2)c(C)c1. The van der Waals surface area contributed by atoms with E-state index in [1.807, 2.05) is 49.4 Å². The molecule has 21 heavy (non-hydrogen) atoms. The number of rotatable bonds is 2. The Balaban J connectivity index is 2.26. The van der Waals surface area contributed by atoms with Gasteiger partial charge in [-0.3, -0.25) is 0 Å². The summed E-state index contributed by atoms with van der Waals surface area (Å²) in [6, 6.07) is 18.0. The second kappa shape index (κ2) is 5.22. The van der Waals surface area contributed by atoms with E-state index in [4.69, 9.17) is 0 Å². The van der Waals surface area contributed by atoms with E-state index in [9.17, 15) is 5.26 Å². The standard InChI is InChI=1S/C17H14N4/c1-12-8-9-16(13(2)10-12)21-17(15(11-18)19-20-21)14-6-4-3-5-7-14/h3-10H,1-2H3. The molecule has 3 rings (SSSR count). The highest BCUT2D eigenvalue weighted by Crippen LogP contribution is 2.26. The molecule has 0 fully saturated rings. The van der Waals surface area contributed by atoms with Crippen LogP contribution in [0.15, 0.2) is 48.5 Å². The molecule has 2 aromatic carbocycles. The molecule has 1 heterocycles. The zero-order valence-electron chi connectivity index (χ0n) is 11.9. The Hall–Kier alpha value is -2.93. The molecule has 0 aliphatic rings. The minimum Gasteiger partial charge on any atom is -0.211 e. The van der Waals surface area contributed by atoms with E-state index in [1.165, 1.54) is 5.56 Å². The molecule has 3 aromatic rings. The van der Waals surface area contributed by atoms with Gasteiger partial charge in [0, 0.05) is 5.56 Å². The van der Waals surface area contributed by atoms with Gasteiger partial charge in [-0.1, -0.05) is 53.2 Å². The molecular weight excluding hydrogens is 260 g/mol. The van der Waals surface area contributed by atoms with Gasteiger partial charge in [0.2, 0.25) is 0 Å². The summed E-state index contributed by atoms with van der Waals surface area (Å²) < 4.78 is 1.74. The first-order valence-corrected chi connectivity index (χ1v) is 6.69. The highest BCUT2D eigenvalue weighted by Gasteiger charge is 2.16. The van der Waals surface area contributed by atoms with Crippen molar-refractivity contribution in [3.05, 3.63) is 65.4 Å². The highest BCUT2D eigenvalue weighted by molar-refractivity contribution is 5.67. The zero-order chi connectivity index (χ0) is 14.8. The number of aryl methyl sites for hydroxylation is 2. The number of hydrogen-bond acceptors (Lipinski definition) is 3. The van der Waals surface area contributed by atoms with Crippen molar-refractivity contribution in [1.29, 1.82) is 5.26 Å². The molecule has 0 saturated heterocycles. The van der Waals surface area contributed by atoms with Gasteiger partial charge in [0.1, 0.15) is 11.8 Å². The van der Waals surface area contributed by atoms with Gasteiger partial charge in [-0.2, -0.15) is 5.26 Å². The Kier molecular flexibility index (Phi) is 3.25. The van der Waals surface area contributed by atoms with Crippen molar-refractivity contribution in [2.24, 2.45) is 0 Å². The van der Waals surface area contributed by atoms with Gasteiger partial charge in [0.25, 0.3) is 0 Å². The third-order valence-electron chi connectivity index (χ3n) is 3.40. The van der Waals surface area contributed by atoms with E-state index < -0.39 is 0 Å². The van der Waals surface area contributed by atoms with Crippen molar-refractivity contribution in [2.75, 3.05) is 0 Å². The molecule has 0 radical (unpaired) electrons. The minimum atomic E-state index is 0.334. The van der Waals surface area contributed by atoms with Gasteiger partial charge in [0.05, 0.1) is 5.69 Å². The van der Waals surface area contributed by atoms with Gasteiger partial charge < -0.3 is 0 Å². The lowest BCUT2D eigenvalue weighted by atomic mass is 10.1. The van der Waals surface area contributed by atoms with Gasteiger partial charge in [-0.05, 0) is 25.5 Å². The Labute approximate surface area is 123 Å². The monoisotopic (exact) mass is 274 g/mol. The smallest absolute Gasteiger partial charge is 0.191 e. The van der Waals surface area contributed by atoms with Gasteiger partial charge >= 0.3 is 0 Å². The van der Waals surface area contributed by atoms with Gasteiger partial charge in [-0.25, -0.2) is 4.68 Å². The average Bonchev–Trinajstić information content (AvgIpc) is 2.92. The lowest BCUT2D eigenvalue weighted by molar-refractivity contribution is 0.801. The van der Waals surface area contributed by atoms with Crippen molar-refractivity contribution in [3.63, 3.8) is 0 Å². The molecule has 0 aliphatic heterocycles. The van der Waals surface area contributed by atoms with Crippen molar-refractivity contribution < 1.29 is 0 Å². The molecular formula is C17H14N4. The van der Waals surface area contributed by atoms with Crippen LogP contribution in [0.3, 0.4) is 0 Å². The molecule has 0 amide bonds. The van der Waals surface area contributed by atoms with Crippen LogP contribution in [0.1, 0.15) is 16.8 Å². The van der Waals surface area contributed by atoms with Crippen molar-refractivity contribution >= 4 is 0 Å². The normalized spacial score (nSPS) is 10.3. The van der Waals surface area contributed by atoms with E-state index in [0.29, 0.717) is 5.69 Å². The third kappa shape index (κ3) is 2.30. The largest absolute Gasteiger partial charge is 0.211 e. The van der Waals surface area contributed by atoms with Gasteiger partial charge in [0.15, 0.2) is 5.69 Å². The van der Waals surface area contributed by atoms with Crippen LogP contribution in [-0.2, 0) is 0 Å². The Morgan fingerprint density at radius 2 is 1.81 bits per heavy atom. The summed E-state index contributed by atoms with van der Waals surface area (Å²) in [6.07, 6.45) is 0. The Bertz CT molecular complexity index is 826. The second-order valence-electron chi connectivity index (χ2n) is 4.97. The third-order valence-corrected chi connectivity index (χ3v) is 3.40. The molecule has 4 nitrogen and oxygen atoms in total. The predicted octanol–water partition coefficient (Wildman–Crippen LogP) is 3.42. The second-order valence-corrected chi connectivity index (χ2v) is 4.97. The van der Waals surface area contributed by atoms with Crippen molar-refractivity contribution in [3.8, 4) is 23.0 Å². The quantitative estimate of drug-likeness (QED) is 0.719. The molecule has 0 atom stereocenters. The number of nitrogens with zero attached hydrogens (tertiary/aromatic N) is 4. The maximum atomic E-state index is 9.29. The number of benzene rings is 2. The Morgan fingerprint density at radius 1 is 1.05 bits per heavy atom. The molecule has 1 aromatic heterocycles. The molecule has 102 valence electrons. The molecule has 0 saturated carbocycles. The highest BCUT2D eigenvalue weighted by atomic mass is 15.4. The van der Waals surface area contributed by atoms with Crippen LogP contribution in [0.2, 0.25) is 0 Å². The summed E-state index contributed by atoms with van der Waals surface area (Å²) in [7, 11) is 0. The first-order valence-electron chi connectivity index (χ1n) is 6.69. The summed E-state index contributed by atoms with van der Waals surface area (Å²) in [5.41, 5.74) is 5.22. The zero-order valence-corrected chi connectivity index (χ0v) is 11.9. The minimum absolute atomic E-state index is 0.334. The van der Waals surface area contributed by atoms with Crippen LogP contribution in [0.5, 0.6) is 0 Å². The molecule has 0 spiro atoms. The number of nitriles is 1. The molecule has 4 heteroatoms. The van der Waals surface area contributed by atoms with Crippen LogP contribution in [0, 0.1) is 25.2 Å². The fourth-order valence-corrected chi connectivity index (χ4v) is 2.42. The number of hydrogen-bond donors (Lipinski definition) is 0. The van der Waals surface area contributed by atoms with E-state index in [2.05, 4.69) is 29.4 Å². The van der Waals surface area contributed by atoms with Crippen LogP contribution < -0.4 is 0 Å². The summed E-state index contributed by atoms with van der Waals surface area (Å²) in [5.74, 6) is 0. The van der Waals surface area contributed by atoms with Crippen LogP contribution >= 0.6 is 0 Å². The predicted molar refractivity (Wildman–Crippen MR) is 81.0 cm³/mol. The van der Waals surface area contributed by atoms with E-state index in [1.54, 1.807) is 4.68 Å². The fourth-order valence-electron chi connectivity index (χ4n) is 2.42. The Morgan fingerprint density at radius 3 is 2.48 bits per heavy atom. The summed E-state index contributed by atoms with van der Waals surface area (Å²) >= 11 is 0. The van der Waals surface area contributed by atoms with Crippen LogP contribution in [-0.4, -0.2) is 15.0 Å². The number of aromatic nitrogens is 3. The summed E-state index contributed by atoms with van der Waals surface area (Å²) in [4.78, 5) is 0. The maximum Gasteiger partial charge on any atom is 0.191 e. The lowest BCUT2D eigenvalue weighted by Crippen LogP contribution is -2.02. The summed E-state index contributed by atoms with van der Waals surface area (Å²) in [5, 5.41) is 17.5. The first kappa shape index (κ1) is 13.1. The lowest BCUT2D eigenvalue weighted by Gasteiger charge is -2.10. The molecule has 0 unspecified atom stereocenters. The van der Waals surface area contributed by atoms with E-state index in [-0.39, 0.29) is 0 Å². The van der Waals surface area contributed by atoms with Crippen molar-refractivity contribution in [2.45, 2.75) is 13.8 Å². The summed E-state index contributed by atoms with van der Waals surface area (Å²) in [6.45, 7) is 4.09. The molecule has 0 bridgehead atoms. The molecule has 0 N–H and O–H groups in total. The van der Waals surface area contributed by atoms with Crippen molar-refractivity contribution in [1.82, 2.24) is 15.0 Å².